The summed E-state index contributed by atoms with van der Waals surface area (Å²) >= 11 is 12.0. The van der Waals surface area contributed by atoms with E-state index in [1.54, 1.807) is 30.5 Å². The van der Waals surface area contributed by atoms with Gasteiger partial charge in [0.2, 0.25) is 0 Å². The quantitative estimate of drug-likeness (QED) is 0.884. The maximum Gasteiger partial charge on any atom is 0.145 e. The summed E-state index contributed by atoms with van der Waals surface area (Å²) in [6, 6.07) is 8.40. The smallest absolute Gasteiger partial charge is 0.145 e. The highest BCUT2D eigenvalue weighted by molar-refractivity contribution is 6.31. The molecule has 1 heterocycles. The van der Waals surface area contributed by atoms with Crippen LogP contribution in [0.4, 0.5) is 4.39 Å². The summed E-state index contributed by atoms with van der Waals surface area (Å²) in [5.74, 6) is -0.385. The van der Waals surface area contributed by atoms with Crippen LogP contribution in [0, 0.1) is 5.82 Å². The summed E-state index contributed by atoms with van der Waals surface area (Å²) in [6.07, 6.45) is 2.12. The number of nitrogens with one attached hydrogen (secondary N) is 1. The normalized spacial score (nSPS) is 12.4. The summed E-state index contributed by atoms with van der Waals surface area (Å²) < 4.78 is 14.0. The van der Waals surface area contributed by atoms with Crippen molar-refractivity contribution in [1.82, 2.24) is 10.3 Å². The lowest BCUT2D eigenvalue weighted by molar-refractivity contribution is 0.518. The van der Waals surface area contributed by atoms with E-state index >= 15 is 0 Å². The molecule has 1 unspecified atom stereocenters. The molecule has 1 N–H and O–H groups in total. The Morgan fingerprint density at radius 3 is 2.65 bits per heavy atom. The first kappa shape index (κ1) is 15.2. The highest BCUT2D eigenvalue weighted by Gasteiger charge is 2.18. The minimum absolute atomic E-state index is 0.130. The van der Waals surface area contributed by atoms with Crippen LogP contribution in [0.25, 0.3) is 0 Å². The molecule has 0 saturated carbocycles. The van der Waals surface area contributed by atoms with E-state index in [0.29, 0.717) is 17.0 Å². The van der Waals surface area contributed by atoms with Gasteiger partial charge < -0.3 is 5.32 Å². The van der Waals surface area contributed by atoms with Crippen molar-refractivity contribution >= 4 is 23.2 Å². The SMILES string of the molecule is CCNC(Cc1cccc(Cl)c1F)c1ncccc1Cl. The number of nitrogens with zero attached hydrogens (tertiary/aromatic N) is 1. The molecule has 0 saturated heterocycles. The van der Waals surface area contributed by atoms with Gasteiger partial charge in [0, 0.05) is 6.20 Å². The third kappa shape index (κ3) is 3.48. The maximum atomic E-state index is 14.0. The first-order valence-corrected chi connectivity index (χ1v) is 7.15. The van der Waals surface area contributed by atoms with Crippen molar-refractivity contribution in [2.75, 3.05) is 6.54 Å². The number of hydrogen-bond donors (Lipinski definition) is 1. The number of hydrogen-bond acceptors (Lipinski definition) is 2. The van der Waals surface area contributed by atoms with E-state index < -0.39 is 0 Å². The fraction of sp³-hybridized carbons (Fsp3) is 0.267. The Balaban J connectivity index is 2.31. The van der Waals surface area contributed by atoms with Crippen molar-refractivity contribution in [3.8, 4) is 0 Å². The number of benzene rings is 1. The third-order valence-corrected chi connectivity index (χ3v) is 3.63. The van der Waals surface area contributed by atoms with Crippen molar-refractivity contribution in [3.05, 3.63) is 63.6 Å². The fourth-order valence-corrected chi connectivity index (χ4v) is 2.54. The van der Waals surface area contributed by atoms with Gasteiger partial charge in [-0.3, -0.25) is 4.98 Å². The maximum absolute atomic E-state index is 14.0. The van der Waals surface area contributed by atoms with Gasteiger partial charge in [0.25, 0.3) is 0 Å². The van der Waals surface area contributed by atoms with Gasteiger partial charge in [-0.1, -0.05) is 42.3 Å². The van der Waals surface area contributed by atoms with Crippen molar-refractivity contribution in [1.29, 1.82) is 0 Å². The second kappa shape index (κ2) is 7.02. The lowest BCUT2D eigenvalue weighted by Crippen LogP contribution is -2.24. The van der Waals surface area contributed by atoms with Crippen LogP contribution in [0.3, 0.4) is 0 Å². The molecule has 0 aliphatic carbocycles. The van der Waals surface area contributed by atoms with Crippen LogP contribution in [0.2, 0.25) is 10.0 Å². The minimum Gasteiger partial charge on any atom is -0.309 e. The average molecular weight is 313 g/mol. The van der Waals surface area contributed by atoms with Gasteiger partial charge in [0.15, 0.2) is 0 Å². The second-order valence-electron chi connectivity index (χ2n) is 4.40. The van der Waals surface area contributed by atoms with Crippen LogP contribution < -0.4 is 5.32 Å². The molecule has 5 heteroatoms. The Kier molecular flexibility index (Phi) is 5.35. The lowest BCUT2D eigenvalue weighted by Gasteiger charge is -2.19. The van der Waals surface area contributed by atoms with E-state index in [1.165, 1.54) is 6.07 Å². The predicted octanol–water partition coefficient (Wildman–Crippen LogP) is 4.42. The monoisotopic (exact) mass is 312 g/mol. The van der Waals surface area contributed by atoms with Gasteiger partial charge in [-0.2, -0.15) is 0 Å². The van der Waals surface area contributed by atoms with Crippen LogP contribution in [0.15, 0.2) is 36.5 Å². The molecule has 2 nitrogen and oxygen atoms in total. The summed E-state index contributed by atoms with van der Waals surface area (Å²) in [6.45, 7) is 2.72. The van der Waals surface area contributed by atoms with Crippen LogP contribution in [-0.4, -0.2) is 11.5 Å². The van der Waals surface area contributed by atoms with E-state index in [2.05, 4.69) is 10.3 Å². The van der Waals surface area contributed by atoms with E-state index in [-0.39, 0.29) is 16.9 Å². The second-order valence-corrected chi connectivity index (χ2v) is 5.21. The summed E-state index contributed by atoms with van der Waals surface area (Å²) in [7, 11) is 0. The van der Waals surface area contributed by atoms with Gasteiger partial charge in [-0.15, -0.1) is 0 Å². The van der Waals surface area contributed by atoms with Crippen LogP contribution in [-0.2, 0) is 6.42 Å². The molecule has 0 fully saturated rings. The Bertz CT molecular complexity index is 590. The molecule has 0 spiro atoms. The Hall–Kier alpha value is -1.16. The fourth-order valence-electron chi connectivity index (χ4n) is 2.09. The largest absolute Gasteiger partial charge is 0.309 e. The zero-order valence-electron chi connectivity index (χ0n) is 11.0. The van der Waals surface area contributed by atoms with Gasteiger partial charge in [0.05, 0.1) is 21.8 Å². The lowest BCUT2D eigenvalue weighted by atomic mass is 10.0. The molecule has 1 aromatic carbocycles. The van der Waals surface area contributed by atoms with Crippen LogP contribution in [0.1, 0.15) is 24.2 Å². The van der Waals surface area contributed by atoms with Crippen molar-refractivity contribution in [2.45, 2.75) is 19.4 Å². The van der Waals surface area contributed by atoms with Crippen molar-refractivity contribution < 1.29 is 4.39 Å². The number of pyridine rings is 1. The standard InChI is InChI=1S/C15H15Cl2FN2/c1-2-19-13(15-12(17)7-4-8-20-15)9-10-5-3-6-11(16)14(10)18/h3-8,13,19H,2,9H2,1H3. The Labute approximate surface area is 127 Å². The molecule has 1 atom stereocenters. The molecular weight excluding hydrogens is 298 g/mol. The number of rotatable bonds is 5. The molecule has 0 aliphatic heterocycles. The summed E-state index contributed by atoms with van der Waals surface area (Å²) in [5, 5.41) is 3.98. The molecule has 106 valence electrons. The van der Waals surface area contributed by atoms with E-state index in [0.717, 1.165) is 12.2 Å². The summed E-state index contributed by atoms with van der Waals surface area (Å²) in [5.41, 5.74) is 1.26. The molecule has 20 heavy (non-hydrogen) atoms. The van der Waals surface area contributed by atoms with E-state index in [9.17, 15) is 4.39 Å². The Morgan fingerprint density at radius 2 is 1.95 bits per heavy atom. The highest BCUT2D eigenvalue weighted by Crippen LogP contribution is 2.26. The van der Waals surface area contributed by atoms with E-state index in [4.69, 9.17) is 23.2 Å². The van der Waals surface area contributed by atoms with Gasteiger partial charge in [-0.05, 0) is 36.7 Å². The molecule has 0 bridgehead atoms. The molecular formula is C15H15Cl2FN2. The van der Waals surface area contributed by atoms with Crippen molar-refractivity contribution in [3.63, 3.8) is 0 Å². The topological polar surface area (TPSA) is 24.9 Å². The zero-order chi connectivity index (χ0) is 14.5. The van der Waals surface area contributed by atoms with Crippen LogP contribution >= 0.6 is 23.2 Å². The molecule has 0 radical (unpaired) electrons. The first-order chi connectivity index (χ1) is 9.63. The summed E-state index contributed by atoms with van der Waals surface area (Å²) in [4.78, 5) is 4.30. The number of likely N-dealkylation sites (N-methyl/N-ethyl adjacent to an activating group) is 1. The Morgan fingerprint density at radius 1 is 1.20 bits per heavy atom. The van der Waals surface area contributed by atoms with E-state index in [1.807, 2.05) is 6.92 Å². The number of aromatic nitrogens is 1. The van der Waals surface area contributed by atoms with Gasteiger partial charge >= 0.3 is 0 Å². The zero-order valence-corrected chi connectivity index (χ0v) is 12.5. The van der Waals surface area contributed by atoms with Gasteiger partial charge in [0.1, 0.15) is 5.82 Å². The van der Waals surface area contributed by atoms with Crippen molar-refractivity contribution in [2.24, 2.45) is 0 Å². The average Bonchev–Trinajstić information content (AvgIpc) is 2.44. The van der Waals surface area contributed by atoms with Crippen LogP contribution in [0.5, 0.6) is 0 Å². The number of halogens is 3. The molecule has 2 rings (SSSR count). The predicted molar refractivity (Wildman–Crippen MR) is 80.8 cm³/mol. The molecule has 1 aromatic heterocycles. The molecule has 2 aromatic rings. The van der Waals surface area contributed by atoms with Gasteiger partial charge in [-0.25, -0.2) is 4.39 Å². The highest BCUT2D eigenvalue weighted by atomic mass is 35.5. The minimum atomic E-state index is -0.385. The third-order valence-electron chi connectivity index (χ3n) is 3.02. The first-order valence-electron chi connectivity index (χ1n) is 6.40. The molecule has 0 amide bonds. The molecule has 0 aliphatic rings.